The molecule has 0 atom stereocenters. The summed E-state index contributed by atoms with van der Waals surface area (Å²) in [6, 6.07) is 5.45. The van der Waals surface area contributed by atoms with Crippen LogP contribution in [0, 0.1) is 12.7 Å². The first-order valence-corrected chi connectivity index (χ1v) is 5.31. The van der Waals surface area contributed by atoms with Gasteiger partial charge in [-0.25, -0.2) is 4.39 Å². The van der Waals surface area contributed by atoms with E-state index in [2.05, 4.69) is 18.0 Å². The Morgan fingerprint density at radius 3 is 2.80 bits per heavy atom. The van der Waals surface area contributed by atoms with Crippen LogP contribution in [0.5, 0.6) is 0 Å². The Morgan fingerprint density at radius 1 is 1.33 bits per heavy atom. The largest absolute Gasteiger partial charge is 0.302 e. The molecule has 0 spiro atoms. The van der Waals surface area contributed by atoms with E-state index in [1.54, 1.807) is 6.07 Å². The van der Waals surface area contributed by atoms with Crippen molar-refractivity contribution in [3.8, 4) is 0 Å². The van der Waals surface area contributed by atoms with Crippen LogP contribution in [0.2, 0.25) is 0 Å². The van der Waals surface area contributed by atoms with Gasteiger partial charge in [-0.1, -0.05) is 18.2 Å². The fourth-order valence-electron chi connectivity index (χ4n) is 1.97. The molecule has 80 valence electrons. The van der Waals surface area contributed by atoms with E-state index in [1.807, 2.05) is 19.1 Å². The zero-order valence-corrected chi connectivity index (χ0v) is 9.26. The maximum Gasteiger partial charge on any atom is 0.131 e. The maximum absolute atomic E-state index is 13.7. The van der Waals surface area contributed by atoms with Crippen LogP contribution in [0.25, 0.3) is 5.57 Å². The summed E-state index contributed by atoms with van der Waals surface area (Å²) < 4.78 is 13.7. The molecular weight excluding hydrogens is 189 g/mol. The van der Waals surface area contributed by atoms with Crippen molar-refractivity contribution < 1.29 is 4.39 Å². The van der Waals surface area contributed by atoms with E-state index in [0.717, 1.165) is 36.2 Å². The van der Waals surface area contributed by atoms with Gasteiger partial charge >= 0.3 is 0 Å². The number of rotatable bonds is 1. The third-order valence-electron chi connectivity index (χ3n) is 2.81. The Labute approximate surface area is 90.2 Å². The molecule has 1 aliphatic rings. The lowest BCUT2D eigenvalue weighted by molar-refractivity contribution is 0.372. The highest BCUT2D eigenvalue weighted by atomic mass is 19.1. The van der Waals surface area contributed by atoms with Gasteiger partial charge in [-0.3, -0.25) is 0 Å². The van der Waals surface area contributed by atoms with Crippen LogP contribution in [0.3, 0.4) is 0 Å². The lowest BCUT2D eigenvalue weighted by atomic mass is 10.00. The summed E-state index contributed by atoms with van der Waals surface area (Å²) in [5.41, 5.74) is 2.84. The molecule has 1 aromatic rings. The number of aryl methyl sites for hydroxylation is 1. The second-order valence-electron chi connectivity index (χ2n) is 4.24. The van der Waals surface area contributed by atoms with Gasteiger partial charge in [0, 0.05) is 18.7 Å². The average Bonchev–Trinajstić information content (AvgIpc) is 2.17. The zero-order chi connectivity index (χ0) is 10.8. The van der Waals surface area contributed by atoms with Crippen LogP contribution in [-0.2, 0) is 0 Å². The normalized spacial score (nSPS) is 17.7. The molecule has 0 saturated carbocycles. The number of likely N-dealkylation sites (N-methyl/N-ethyl adjacent to an activating group) is 1. The summed E-state index contributed by atoms with van der Waals surface area (Å²) in [5, 5.41) is 0. The van der Waals surface area contributed by atoms with E-state index in [1.165, 1.54) is 0 Å². The number of nitrogens with zero attached hydrogens (tertiary/aromatic N) is 1. The molecule has 0 unspecified atom stereocenters. The van der Waals surface area contributed by atoms with Gasteiger partial charge in [-0.05, 0) is 37.6 Å². The molecule has 0 radical (unpaired) electrons. The molecule has 1 aliphatic heterocycles. The summed E-state index contributed by atoms with van der Waals surface area (Å²) in [6.45, 7) is 3.82. The van der Waals surface area contributed by atoms with Crippen LogP contribution in [-0.4, -0.2) is 25.0 Å². The minimum absolute atomic E-state index is 0.100. The third kappa shape index (κ3) is 2.26. The third-order valence-corrected chi connectivity index (χ3v) is 2.81. The van der Waals surface area contributed by atoms with Crippen molar-refractivity contribution in [2.24, 2.45) is 0 Å². The number of benzene rings is 1. The topological polar surface area (TPSA) is 3.24 Å². The quantitative estimate of drug-likeness (QED) is 0.681. The van der Waals surface area contributed by atoms with Crippen LogP contribution < -0.4 is 0 Å². The van der Waals surface area contributed by atoms with Crippen LogP contribution >= 0.6 is 0 Å². The highest BCUT2D eigenvalue weighted by Gasteiger charge is 2.13. The average molecular weight is 205 g/mol. The van der Waals surface area contributed by atoms with Crippen molar-refractivity contribution in [2.45, 2.75) is 13.3 Å². The monoisotopic (exact) mass is 205 g/mol. The standard InChI is InChI=1S/C13H16FN/c1-10-5-6-12(13(14)8-10)11-4-3-7-15(2)9-11/h4-6,8H,3,7,9H2,1-2H3. The van der Waals surface area contributed by atoms with E-state index in [9.17, 15) is 4.39 Å². The molecule has 2 heteroatoms. The second kappa shape index (κ2) is 4.15. The van der Waals surface area contributed by atoms with Crippen molar-refractivity contribution in [3.63, 3.8) is 0 Å². The van der Waals surface area contributed by atoms with E-state index < -0.39 is 0 Å². The molecule has 0 saturated heterocycles. The van der Waals surface area contributed by atoms with Gasteiger partial charge in [-0.2, -0.15) is 0 Å². The first-order chi connectivity index (χ1) is 7.16. The molecule has 0 N–H and O–H groups in total. The Bertz CT molecular complexity index is 396. The molecule has 2 rings (SSSR count). The Hall–Kier alpha value is -1.15. The molecule has 1 aromatic carbocycles. The lowest BCUT2D eigenvalue weighted by Gasteiger charge is -2.23. The Morgan fingerprint density at radius 2 is 2.13 bits per heavy atom. The fourth-order valence-corrected chi connectivity index (χ4v) is 1.97. The molecule has 0 fully saturated rings. The number of hydrogen-bond donors (Lipinski definition) is 0. The minimum Gasteiger partial charge on any atom is -0.302 e. The van der Waals surface area contributed by atoms with Crippen molar-refractivity contribution in [1.82, 2.24) is 4.90 Å². The first-order valence-electron chi connectivity index (χ1n) is 5.31. The van der Waals surface area contributed by atoms with Gasteiger partial charge < -0.3 is 4.90 Å². The Kier molecular flexibility index (Phi) is 2.87. The van der Waals surface area contributed by atoms with Crippen molar-refractivity contribution in [2.75, 3.05) is 20.1 Å². The SMILES string of the molecule is Cc1ccc(C2=CCCN(C)C2)c(F)c1. The highest BCUT2D eigenvalue weighted by molar-refractivity contribution is 5.68. The lowest BCUT2D eigenvalue weighted by Crippen LogP contribution is -2.25. The molecule has 0 amide bonds. The summed E-state index contributed by atoms with van der Waals surface area (Å²) in [5.74, 6) is -0.100. The van der Waals surface area contributed by atoms with Crippen LogP contribution in [0.1, 0.15) is 17.5 Å². The van der Waals surface area contributed by atoms with Crippen molar-refractivity contribution in [1.29, 1.82) is 0 Å². The molecule has 1 nitrogen and oxygen atoms in total. The maximum atomic E-state index is 13.7. The smallest absolute Gasteiger partial charge is 0.131 e. The molecule has 15 heavy (non-hydrogen) atoms. The number of hydrogen-bond acceptors (Lipinski definition) is 1. The number of halogens is 1. The molecular formula is C13H16FN. The van der Waals surface area contributed by atoms with Gasteiger partial charge in [0.15, 0.2) is 0 Å². The van der Waals surface area contributed by atoms with Gasteiger partial charge in [0.2, 0.25) is 0 Å². The highest BCUT2D eigenvalue weighted by Crippen LogP contribution is 2.23. The summed E-state index contributed by atoms with van der Waals surface area (Å²) in [4.78, 5) is 2.22. The van der Waals surface area contributed by atoms with Gasteiger partial charge in [0.25, 0.3) is 0 Å². The second-order valence-corrected chi connectivity index (χ2v) is 4.24. The van der Waals surface area contributed by atoms with Crippen molar-refractivity contribution in [3.05, 3.63) is 41.2 Å². The van der Waals surface area contributed by atoms with Gasteiger partial charge in [-0.15, -0.1) is 0 Å². The first kappa shape index (κ1) is 10.4. The van der Waals surface area contributed by atoms with Crippen LogP contribution in [0.15, 0.2) is 24.3 Å². The van der Waals surface area contributed by atoms with Gasteiger partial charge in [0.05, 0.1) is 0 Å². The predicted molar refractivity (Wildman–Crippen MR) is 61.2 cm³/mol. The molecule has 0 aliphatic carbocycles. The van der Waals surface area contributed by atoms with Gasteiger partial charge in [0.1, 0.15) is 5.82 Å². The van der Waals surface area contributed by atoms with E-state index in [0.29, 0.717) is 0 Å². The predicted octanol–water partition coefficient (Wildman–Crippen LogP) is 2.85. The van der Waals surface area contributed by atoms with Crippen molar-refractivity contribution >= 4 is 5.57 Å². The minimum atomic E-state index is -0.100. The zero-order valence-electron chi connectivity index (χ0n) is 9.26. The van der Waals surface area contributed by atoms with E-state index in [4.69, 9.17) is 0 Å². The molecule has 1 heterocycles. The molecule has 0 aromatic heterocycles. The molecule has 0 bridgehead atoms. The summed E-state index contributed by atoms with van der Waals surface area (Å²) in [7, 11) is 2.07. The van der Waals surface area contributed by atoms with E-state index >= 15 is 0 Å². The summed E-state index contributed by atoms with van der Waals surface area (Å²) >= 11 is 0. The van der Waals surface area contributed by atoms with Crippen LogP contribution in [0.4, 0.5) is 4.39 Å². The summed E-state index contributed by atoms with van der Waals surface area (Å²) in [6.07, 6.45) is 3.16. The fraction of sp³-hybridized carbons (Fsp3) is 0.385. The van der Waals surface area contributed by atoms with E-state index in [-0.39, 0.29) is 5.82 Å². The Balaban J connectivity index is 2.33.